The Morgan fingerprint density at radius 3 is 2.58 bits per heavy atom. The van der Waals surface area contributed by atoms with Gasteiger partial charge in [-0.1, -0.05) is 23.7 Å². The molecule has 2 aliphatic carbocycles. The number of nitrogens with two attached hydrogens (primary N) is 1. The van der Waals surface area contributed by atoms with Crippen LogP contribution in [0.3, 0.4) is 0 Å². The molecule has 0 aliphatic heterocycles. The Kier molecular flexibility index (Phi) is 3.50. The molecule has 0 heterocycles. The molecule has 2 saturated carbocycles. The zero-order valence-corrected chi connectivity index (χ0v) is 11.8. The molecule has 4 heteroatoms. The molecule has 0 amide bonds. The molecule has 0 aromatic heterocycles. The number of nitrogen functional groups attached to an aromatic ring is 1. The molecule has 0 radical (unpaired) electrons. The van der Waals surface area contributed by atoms with Crippen LogP contribution in [0, 0.1) is 11.3 Å². The van der Waals surface area contributed by atoms with Crippen molar-refractivity contribution in [3.05, 3.63) is 34.3 Å². The van der Waals surface area contributed by atoms with Crippen LogP contribution >= 0.6 is 11.6 Å². The van der Waals surface area contributed by atoms with E-state index in [1.807, 2.05) is 12.1 Å². The van der Waals surface area contributed by atoms with Gasteiger partial charge >= 0.3 is 0 Å². The number of nitrogens with one attached hydrogen (secondary N) is 1. The van der Waals surface area contributed by atoms with E-state index in [4.69, 9.17) is 22.7 Å². The van der Waals surface area contributed by atoms with Gasteiger partial charge in [-0.25, -0.2) is 0 Å². The summed E-state index contributed by atoms with van der Waals surface area (Å²) in [6.07, 6.45) is 5.44. The lowest BCUT2D eigenvalue weighted by Crippen LogP contribution is -2.28. The van der Waals surface area contributed by atoms with Gasteiger partial charge in [0.25, 0.3) is 0 Å². The van der Waals surface area contributed by atoms with Crippen molar-refractivity contribution in [1.82, 2.24) is 4.90 Å². The van der Waals surface area contributed by atoms with Gasteiger partial charge in [0.2, 0.25) is 0 Å². The summed E-state index contributed by atoms with van der Waals surface area (Å²) in [4.78, 5) is 2.58. The number of hydrogen-bond acceptors (Lipinski definition) is 2. The SMILES string of the molecule is N=C(N)c1ccc(CN(CC2CC2)C2CC2)c(Cl)c1. The third-order valence-electron chi connectivity index (χ3n) is 3.99. The van der Waals surface area contributed by atoms with Crippen LogP contribution in [0.5, 0.6) is 0 Å². The summed E-state index contributed by atoms with van der Waals surface area (Å²) in [5.74, 6) is 0.987. The first-order valence-corrected chi connectivity index (χ1v) is 7.38. The summed E-state index contributed by atoms with van der Waals surface area (Å²) in [6, 6.07) is 6.48. The molecular formula is C15H20ClN3. The molecule has 19 heavy (non-hydrogen) atoms. The van der Waals surface area contributed by atoms with Crippen molar-refractivity contribution in [3.63, 3.8) is 0 Å². The second-order valence-electron chi connectivity index (χ2n) is 5.82. The van der Waals surface area contributed by atoms with Gasteiger partial charge in [-0.2, -0.15) is 0 Å². The summed E-state index contributed by atoms with van der Waals surface area (Å²) < 4.78 is 0. The number of rotatable bonds is 6. The van der Waals surface area contributed by atoms with Crippen molar-refractivity contribution in [2.75, 3.05) is 6.54 Å². The molecule has 1 aromatic carbocycles. The van der Waals surface area contributed by atoms with Crippen molar-refractivity contribution < 1.29 is 0 Å². The highest BCUT2D eigenvalue weighted by atomic mass is 35.5. The van der Waals surface area contributed by atoms with Gasteiger partial charge in [-0.15, -0.1) is 0 Å². The third kappa shape index (κ3) is 3.28. The number of hydrogen-bond donors (Lipinski definition) is 2. The molecule has 3 N–H and O–H groups in total. The van der Waals surface area contributed by atoms with E-state index >= 15 is 0 Å². The van der Waals surface area contributed by atoms with Gasteiger partial charge in [0.15, 0.2) is 0 Å². The second kappa shape index (κ2) is 5.14. The van der Waals surface area contributed by atoms with E-state index in [9.17, 15) is 0 Å². The number of benzene rings is 1. The summed E-state index contributed by atoms with van der Waals surface area (Å²) in [6.45, 7) is 2.15. The molecular weight excluding hydrogens is 258 g/mol. The molecule has 2 aliphatic rings. The van der Waals surface area contributed by atoms with Crippen molar-refractivity contribution in [2.45, 2.75) is 38.3 Å². The lowest BCUT2D eigenvalue weighted by Gasteiger charge is -2.22. The van der Waals surface area contributed by atoms with Crippen molar-refractivity contribution in [1.29, 1.82) is 5.41 Å². The Morgan fingerprint density at radius 2 is 2.05 bits per heavy atom. The monoisotopic (exact) mass is 277 g/mol. The molecule has 3 rings (SSSR count). The molecule has 0 unspecified atom stereocenters. The van der Waals surface area contributed by atoms with Crippen LogP contribution in [0.2, 0.25) is 5.02 Å². The van der Waals surface area contributed by atoms with Crippen LogP contribution in [0.25, 0.3) is 0 Å². The maximum atomic E-state index is 7.43. The normalized spacial score (nSPS) is 18.8. The van der Waals surface area contributed by atoms with Gasteiger partial charge in [0.05, 0.1) is 0 Å². The maximum absolute atomic E-state index is 7.43. The van der Waals surface area contributed by atoms with Crippen LogP contribution in [0.1, 0.15) is 36.8 Å². The van der Waals surface area contributed by atoms with Crippen LogP contribution in [-0.4, -0.2) is 23.3 Å². The zero-order valence-electron chi connectivity index (χ0n) is 11.0. The maximum Gasteiger partial charge on any atom is 0.122 e. The fourth-order valence-electron chi connectivity index (χ4n) is 2.48. The second-order valence-corrected chi connectivity index (χ2v) is 6.23. The van der Waals surface area contributed by atoms with Gasteiger partial charge in [-0.05, 0) is 43.2 Å². The summed E-state index contributed by atoms with van der Waals surface area (Å²) >= 11 is 6.32. The Labute approximate surface area is 119 Å². The standard InChI is InChI=1S/C15H20ClN3/c16-14-7-11(15(17)18)3-4-12(14)9-19(13-5-6-13)8-10-1-2-10/h3-4,7,10,13H,1-2,5-6,8-9H2,(H3,17,18). The third-order valence-corrected chi connectivity index (χ3v) is 4.34. The van der Waals surface area contributed by atoms with Gasteiger partial charge in [0, 0.05) is 29.7 Å². The van der Waals surface area contributed by atoms with E-state index in [0.29, 0.717) is 5.56 Å². The van der Waals surface area contributed by atoms with Gasteiger partial charge < -0.3 is 5.73 Å². The van der Waals surface area contributed by atoms with Crippen LogP contribution in [0.15, 0.2) is 18.2 Å². The molecule has 1 aromatic rings. The lowest BCUT2D eigenvalue weighted by atomic mass is 10.1. The average Bonchev–Trinajstić information content (AvgIpc) is 3.24. The van der Waals surface area contributed by atoms with E-state index in [0.717, 1.165) is 29.1 Å². The van der Waals surface area contributed by atoms with E-state index in [2.05, 4.69) is 4.90 Å². The molecule has 102 valence electrons. The van der Waals surface area contributed by atoms with E-state index in [1.165, 1.54) is 32.2 Å². The predicted octanol–water partition coefficient (Wildman–Crippen LogP) is 3.00. The number of halogens is 1. The topological polar surface area (TPSA) is 53.1 Å². The first kappa shape index (κ1) is 12.9. The minimum absolute atomic E-state index is 0.0745. The van der Waals surface area contributed by atoms with Gasteiger partial charge in [0.1, 0.15) is 5.84 Å². The van der Waals surface area contributed by atoms with Crippen molar-refractivity contribution in [3.8, 4) is 0 Å². The number of nitrogens with zero attached hydrogens (tertiary/aromatic N) is 1. The minimum atomic E-state index is 0.0745. The smallest absolute Gasteiger partial charge is 0.122 e. The van der Waals surface area contributed by atoms with Crippen molar-refractivity contribution in [2.24, 2.45) is 11.7 Å². The fourth-order valence-corrected chi connectivity index (χ4v) is 2.72. The molecule has 3 nitrogen and oxygen atoms in total. The Hall–Kier alpha value is -1.06. The molecule has 0 atom stereocenters. The highest BCUT2D eigenvalue weighted by Crippen LogP contribution is 2.36. The summed E-state index contributed by atoms with van der Waals surface area (Å²) in [7, 11) is 0. The first-order chi connectivity index (χ1) is 9.13. The van der Waals surface area contributed by atoms with Crippen LogP contribution in [0.4, 0.5) is 0 Å². The average molecular weight is 278 g/mol. The highest BCUT2D eigenvalue weighted by Gasteiger charge is 2.33. The van der Waals surface area contributed by atoms with Gasteiger partial charge in [-0.3, -0.25) is 10.3 Å². The minimum Gasteiger partial charge on any atom is -0.384 e. The first-order valence-electron chi connectivity index (χ1n) is 7.00. The van der Waals surface area contributed by atoms with E-state index < -0.39 is 0 Å². The van der Waals surface area contributed by atoms with E-state index in [-0.39, 0.29) is 5.84 Å². The number of amidine groups is 1. The predicted molar refractivity (Wildman–Crippen MR) is 78.6 cm³/mol. The molecule has 0 saturated heterocycles. The Morgan fingerprint density at radius 1 is 1.32 bits per heavy atom. The largest absolute Gasteiger partial charge is 0.384 e. The fraction of sp³-hybridized carbons (Fsp3) is 0.533. The zero-order chi connectivity index (χ0) is 13.4. The quantitative estimate of drug-likeness (QED) is 0.620. The van der Waals surface area contributed by atoms with Crippen LogP contribution < -0.4 is 5.73 Å². The van der Waals surface area contributed by atoms with E-state index in [1.54, 1.807) is 6.07 Å². The summed E-state index contributed by atoms with van der Waals surface area (Å²) in [5.41, 5.74) is 7.34. The Balaban J connectivity index is 1.71. The van der Waals surface area contributed by atoms with Crippen molar-refractivity contribution >= 4 is 17.4 Å². The Bertz CT molecular complexity index is 492. The highest BCUT2D eigenvalue weighted by molar-refractivity contribution is 6.31. The van der Waals surface area contributed by atoms with Crippen LogP contribution in [-0.2, 0) is 6.54 Å². The molecule has 2 fully saturated rings. The molecule has 0 bridgehead atoms. The summed E-state index contributed by atoms with van der Waals surface area (Å²) in [5, 5.41) is 8.16. The molecule has 0 spiro atoms. The lowest BCUT2D eigenvalue weighted by molar-refractivity contribution is 0.244.